The van der Waals surface area contributed by atoms with Crippen LogP contribution in [0.2, 0.25) is 5.02 Å². The predicted molar refractivity (Wildman–Crippen MR) is 129 cm³/mol. The third-order valence-electron chi connectivity index (χ3n) is 5.28. The van der Waals surface area contributed by atoms with Gasteiger partial charge in [-0.2, -0.15) is 0 Å². The molecule has 33 heavy (non-hydrogen) atoms. The van der Waals surface area contributed by atoms with Crippen LogP contribution in [-0.4, -0.2) is 12.6 Å². The first kappa shape index (κ1) is 22.6. The van der Waals surface area contributed by atoms with Crippen molar-refractivity contribution in [2.75, 3.05) is 6.61 Å². The fraction of sp³-hybridized carbons (Fsp3) is 0.185. The maximum atomic E-state index is 13.4. The Kier molecular flexibility index (Phi) is 6.80. The molecule has 0 unspecified atom stereocenters. The molecule has 5 nitrogen and oxygen atoms in total. The molecule has 4 aromatic rings. The van der Waals surface area contributed by atoms with E-state index in [0.717, 1.165) is 17.5 Å². The highest BCUT2D eigenvalue weighted by Gasteiger charge is 2.18. The number of esters is 1. The second-order valence-corrected chi connectivity index (χ2v) is 7.92. The molecule has 0 N–H and O–H groups in total. The molecule has 0 saturated carbocycles. The first-order valence-electron chi connectivity index (χ1n) is 10.7. The van der Waals surface area contributed by atoms with Crippen molar-refractivity contribution in [2.45, 2.75) is 26.9 Å². The van der Waals surface area contributed by atoms with Gasteiger partial charge >= 0.3 is 5.97 Å². The highest BCUT2D eigenvalue weighted by molar-refractivity contribution is 6.30. The molecular formula is C27H23ClO5. The van der Waals surface area contributed by atoms with Gasteiger partial charge in [-0.15, -0.1) is 0 Å². The number of carbonyl (C=O) groups is 1. The molecular weight excluding hydrogens is 440 g/mol. The molecule has 1 heterocycles. The summed E-state index contributed by atoms with van der Waals surface area (Å²) in [5, 5.41) is 1.05. The van der Waals surface area contributed by atoms with Gasteiger partial charge in [0, 0.05) is 10.6 Å². The highest BCUT2D eigenvalue weighted by atomic mass is 35.5. The van der Waals surface area contributed by atoms with E-state index in [1.165, 1.54) is 0 Å². The minimum Gasteiger partial charge on any atom is -0.481 e. The zero-order chi connectivity index (χ0) is 23.4. The van der Waals surface area contributed by atoms with Gasteiger partial charge in [0.2, 0.25) is 11.2 Å². The number of benzene rings is 3. The zero-order valence-corrected chi connectivity index (χ0v) is 19.1. The molecule has 0 aliphatic heterocycles. The number of carbonyl (C=O) groups excluding carboxylic acids is 1. The minimum absolute atomic E-state index is 0.132. The Morgan fingerprint density at radius 1 is 0.939 bits per heavy atom. The van der Waals surface area contributed by atoms with Gasteiger partial charge < -0.3 is 13.9 Å². The van der Waals surface area contributed by atoms with Crippen LogP contribution in [0.1, 0.15) is 35.3 Å². The second kappa shape index (κ2) is 9.92. The highest BCUT2D eigenvalue weighted by Crippen LogP contribution is 2.32. The van der Waals surface area contributed by atoms with Gasteiger partial charge in [0.15, 0.2) is 5.76 Å². The van der Waals surface area contributed by atoms with E-state index in [9.17, 15) is 9.59 Å². The lowest BCUT2D eigenvalue weighted by Crippen LogP contribution is -2.11. The van der Waals surface area contributed by atoms with Gasteiger partial charge in [-0.3, -0.25) is 4.79 Å². The standard InChI is InChI=1S/C27H23ClO5/c1-3-17-7-14-23-22(15-17)24(29)26(25(33-23)19-10-12-21(28)13-11-19)32-16-18-5-8-20(9-6-18)27(30)31-4-2/h5-15H,3-4,16H2,1-2H3. The summed E-state index contributed by atoms with van der Waals surface area (Å²) in [5.41, 5.74) is 3.24. The van der Waals surface area contributed by atoms with Gasteiger partial charge in [0.05, 0.1) is 17.6 Å². The van der Waals surface area contributed by atoms with Crippen molar-refractivity contribution < 1.29 is 18.7 Å². The lowest BCUT2D eigenvalue weighted by Gasteiger charge is -2.13. The average Bonchev–Trinajstić information content (AvgIpc) is 2.84. The summed E-state index contributed by atoms with van der Waals surface area (Å²) in [4.78, 5) is 25.3. The number of halogens is 1. The zero-order valence-electron chi connectivity index (χ0n) is 18.4. The third-order valence-corrected chi connectivity index (χ3v) is 5.53. The summed E-state index contributed by atoms with van der Waals surface area (Å²) in [6.07, 6.45) is 0.803. The van der Waals surface area contributed by atoms with Crippen LogP contribution in [0.4, 0.5) is 0 Å². The number of aryl methyl sites for hydroxylation is 1. The molecule has 0 aliphatic rings. The van der Waals surface area contributed by atoms with E-state index in [0.29, 0.717) is 39.5 Å². The van der Waals surface area contributed by atoms with Crippen LogP contribution in [0.15, 0.2) is 75.9 Å². The van der Waals surface area contributed by atoms with Crippen LogP contribution in [0.5, 0.6) is 5.75 Å². The minimum atomic E-state index is -0.378. The summed E-state index contributed by atoms with van der Waals surface area (Å²) < 4.78 is 17.2. The fourth-order valence-corrected chi connectivity index (χ4v) is 3.60. The summed E-state index contributed by atoms with van der Waals surface area (Å²) in [6.45, 7) is 4.24. The topological polar surface area (TPSA) is 65.7 Å². The number of hydrogen-bond donors (Lipinski definition) is 0. The van der Waals surface area contributed by atoms with Gasteiger partial charge in [0.25, 0.3) is 0 Å². The molecule has 0 amide bonds. The van der Waals surface area contributed by atoms with Gasteiger partial charge in [-0.05, 0) is 73.0 Å². The van der Waals surface area contributed by atoms with Gasteiger partial charge in [-0.1, -0.05) is 36.7 Å². The van der Waals surface area contributed by atoms with Crippen molar-refractivity contribution in [3.8, 4) is 17.1 Å². The Hall–Kier alpha value is -3.57. The molecule has 3 aromatic carbocycles. The Balaban J connectivity index is 1.72. The molecule has 0 radical (unpaired) electrons. The maximum Gasteiger partial charge on any atom is 0.338 e. The van der Waals surface area contributed by atoms with Crippen LogP contribution in [0, 0.1) is 0 Å². The molecule has 168 valence electrons. The Morgan fingerprint density at radius 3 is 2.30 bits per heavy atom. The van der Waals surface area contributed by atoms with E-state index in [1.54, 1.807) is 55.5 Å². The van der Waals surface area contributed by atoms with Crippen molar-refractivity contribution in [1.29, 1.82) is 0 Å². The summed E-state index contributed by atoms with van der Waals surface area (Å²) in [6, 6.07) is 19.5. The van der Waals surface area contributed by atoms with Crippen molar-refractivity contribution >= 4 is 28.5 Å². The van der Waals surface area contributed by atoms with Crippen molar-refractivity contribution in [3.63, 3.8) is 0 Å². The number of fused-ring (bicyclic) bond motifs is 1. The predicted octanol–water partition coefficient (Wildman–Crippen LogP) is 6.43. The lowest BCUT2D eigenvalue weighted by molar-refractivity contribution is 0.0526. The lowest BCUT2D eigenvalue weighted by atomic mass is 10.1. The van der Waals surface area contributed by atoms with Gasteiger partial charge in [-0.25, -0.2) is 4.79 Å². The molecule has 6 heteroatoms. The van der Waals surface area contributed by atoms with Crippen molar-refractivity contribution in [2.24, 2.45) is 0 Å². The molecule has 1 aromatic heterocycles. The van der Waals surface area contributed by atoms with E-state index >= 15 is 0 Å². The molecule has 0 aliphatic carbocycles. The molecule has 4 rings (SSSR count). The summed E-state index contributed by atoms with van der Waals surface area (Å²) >= 11 is 6.04. The largest absolute Gasteiger partial charge is 0.481 e. The molecule has 0 atom stereocenters. The van der Waals surface area contributed by atoms with Crippen LogP contribution >= 0.6 is 11.6 Å². The van der Waals surface area contributed by atoms with Crippen LogP contribution < -0.4 is 10.2 Å². The normalized spacial score (nSPS) is 10.9. The second-order valence-electron chi connectivity index (χ2n) is 7.49. The van der Waals surface area contributed by atoms with Crippen molar-refractivity contribution in [1.82, 2.24) is 0 Å². The number of rotatable bonds is 7. The van der Waals surface area contributed by atoms with Gasteiger partial charge in [0.1, 0.15) is 12.2 Å². The summed E-state index contributed by atoms with van der Waals surface area (Å²) in [7, 11) is 0. The van der Waals surface area contributed by atoms with Crippen LogP contribution in [0.3, 0.4) is 0 Å². The van der Waals surface area contributed by atoms with E-state index in [2.05, 4.69) is 0 Å². The number of hydrogen-bond acceptors (Lipinski definition) is 5. The Morgan fingerprint density at radius 2 is 1.64 bits per heavy atom. The smallest absolute Gasteiger partial charge is 0.338 e. The first-order chi connectivity index (χ1) is 16.0. The summed E-state index contributed by atoms with van der Waals surface area (Å²) in [5.74, 6) is 0.0981. The third kappa shape index (κ3) is 4.94. The average molecular weight is 463 g/mol. The molecule has 0 fully saturated rings. The Bertz CT molecular complexity index is 1340. The molecule has 0 saturated heterocycles. The Labute approximate surface area is 196 Å². The van der Waals surface area contributed by atoms with Crippen LogP contribution in [0.25, 0.3) is 22.3 Å². The van der Waals surface area contributed by atoms with E-state index in [1.807, 2.05) is 25.1 Å². The fourth-order valence-electron chi connectivity index (χ4n) is 3.47. The van der Waals surface area contributed by atoms with E-state index < -0.39 is 0 Å². The quantitative estimate of drug-likeness (QED) is 0.296. The van der Waals surface area contributed by atoms with Crippen molar-refractivity contribution in [3.05, 3.63) is 98.7 Å². The molecule has 0 bridgehead atoms. The van der Waals surface area contributed by atoms with Crippen LogP contribution in [-0.2, 0) is 17.8 Å². The SMILES string of the molecule is CCOC(=O)c1ccc(COc2c(-c3ccc(Cl)cc3)oc3ccc(CC)cc3c2=O)cc1. The molecule has 0 spiro atoms. The monoisotopic (exact) mass is 462 g/mol. The maximum absolute atomic E-state index is 13.4. The first-order valence-corrected chi connectivity index (χ1v) is 11.1. The number of ether oxygens (including phenoxy) is 2. The van der Waals surface area contributed by atoms with E-state index in [4.69, 9.17) is 25.5 Å². The van der Waals surface area contributed by atoms with E-state index in [-0.39, 0.29) is 23.8 Å².